The van der Waals surface area contributed by atoms with Crippen molar-refractivity contribution in [3.63, 3.8) is 0 Å². The fraction of sp³-hybridized carbons (Fsp3) is 0.296. The lowest BCUT2D eigenvalue weighted by molar-refractivity contribution is 0.803. The molecule has 0 bridgehead atoms. The average molecular weight is 372 g/mol. The van der Waals surface area contributed by atoms with Crippen LogP contribution in [-0.4, -0.2) is 6.21 Å². The molecule has 2 aromatic rings. The van der Waals surface area contributed by atoms with E-state index < -0.39 is 0 Å². The van der Waals surface area contributed by atoms with E-state index in [-0.39, 0.29) is 0 Å². The van der Waals surface area contributed by atoms with Gasteiger partial charge in [-0.2, -0.15) is 0 Å². The minimum absolute atomic E-state index is 1.03. The Bertz CT molecular complexity index is 846. The van der Waals surface area contributed by atoms with Crippen LogP contribution in [0.3, 0.4) is 0 Å². The first-order valence-corrected chi connectivity index (χ1v) is 10.3. The summed E-state index contributed by atoms with van der Waals surface area (Å²) in [5, 5.41) is 0. The molecule has 2 aromatic carbocycles. The molecule has 0 aliphatic rings. The highest BCUT2D eigenvalue weighted by atomic mass is 14.7. The second-order valence-corrected chi connectivity index (χ2v) is 7.08. The highest BCUT2D eigenvalue weighted by molar-refractivity contribution is 5.94. The zero-order valence-electron chi connectivity index (χ0n) is 17.8. The first-order chi connectivity index (χ1) is 13.6. The van der Waals surface area contributed by atoms with Gasteiger partial charge in [0.2, 0.25) is 0 Å². The Hall–Kier alpha value is -2.67. The van der Waals surface area contributed by atoms with Crippen molar-refractivity contribution in [2.75, 3.05) is 0 Å². The van der Waals surface area contributed by atoms with E-state index in [4.69, 9.17) is 4.99 Å². The summed E-state index contributed by atoms with van der Waals surface area (Å²) in [6.07, 6.45) is 10.6. The number of nitrogens with zero attached hydrogens (tertiary/aromatic N) is 1. The van der Waals surface area contributed by atoms with Crippen molar-refractivity contribution < 1.29 is 0 Å². The second kappa shape index (κ2) is 11.2. The molecule has 0 heterocycles. The van der Waals surface area contributed by atoms with Crippen LogP contribution in [-0.2, 0) is 6.42 Å². The summed E-state index contributed by atoms with van der Waals surface area (Å²) < 4.78 is 0. The molecule has 2 rings (SSSR count). The monoisotopic (exact) mass is 371 g/mol. The number of hydrogen-bond donors (Lipinski definition) is 0. The smallest absolute Gasteiger partial charge is 0.0737 e. The predicted molar refractivity (Wildman–Crippen MR) is 127 cm³/mol. The highest BCUT2D eigenvalue weighted by Crippen LogP contribution is 2.28. The fourth-order valence-corrected chi connectivity index (χ4v) is 3.10. The van der Waals surface area contributed by atoms with Crippen molar-refractivity contribution in [1.29, 1.82) is 0 Å². The Morgan fingerprint density at radius 2 is 1.61 bits per heavy atom. The maximum Gasteiger partial charge on any atom is 0.0737 e. The van der Waals surface area contributed by atoms with Gasteiger partial charge in [0.25, 0.3) is 0 Å². The molecule has 0 aliphatic carbocycles. The van der Waals surface area contributed by atoms with E-state index in [1.165, 1.54) is 35.1 Å². The summed E-state index contributed by atoms with van der Waals surface area (Å²) in [5.41, 5.74) is 8.32. The third-order valence-electron chi connectivity index (χ3n) is 5.12. The number of unbranched alkanes of at least 4 members (excludes halogenated alkanes) is 1. The van der Waals surface area contributed by atoms with Gasteiger partial charge in [0, 0.05) is 11.8 Å². The maximum absolute atomic E-state index is 4.96. The van der Waals surface area contributed by atoms with Crippen molar-refractivity contribution in [3.05, 3.63) is 89.0 Å². The lowest BCUT2D eigenvalue weighted by Crippen LogP contribution is -1.92. The van der Waals surface area contributed by atoms with E-state index in [1.54, 1.807) is 0 Å². The second-order valence-electron chi connectivity index (χ2n) is 7.08. The maximum atomic E-state index is 4.96. The van der Waals surface area contributed by atoms with Gasteiger partial charge in [0.1, 0.15) is 0 Å². The molecule has 1 nitrogen and oxygen atoms in total. The van der Waals surface area contributed by atoms with Crippen LogP contribution < -0.4 is 0 Å². The average Bonchev–Trinajstić information content (AvgIpc) is 2.76. The summed E-state index contributed by atoms with van der Waals surface area (Å²) >= 11 is 0. The van der Waals surface area contributed by atoms with Gasteiger partial charge in [0.15, 0.2) is 0 Å². The normalized spacial score (nSPS) is 12.9. The van der Waals surface area contributed by atoms with Crippen LogP contribution in [0.25, 0.3) is 17.3 Å². The SMILES string of the molecule is C=Cc1ccc(/C(C)=C(/N=C/C(=C/C)CCCC)c2ccc(CC)cc2)cc1. The number of hydrogen-bond acceptors (Lipinski definition) is 1. The number of aliphatic imine (C=N–C) groups is 1. The van der Waals surface area contributed by atoms with Gasteiger partial charge in [0.05, 0.1) is 5.70 Å². The van der Waals surface area contributed by atoms with Crippen LogP contribution in [0.2, 0.25) is 0 Å². The van der Waals surface area contributed by atoms with E-state index in [2.05, 4.69) is 88.9 Å². The molecule has 146 valence electrons. The molecule has 0 fully saturated rings. The molecule has 0 atom stereocenters. The zero-order valence-corrected chi connectivity index (χ0v) is 17.8. The van der Waals surface area contributed by atoms with Gasteiger partial charge in [-0.05, 0) is 60.9 Å². The zero-order chi connectivity index (χ0) is 20.4. The van der Waals surface area contributed by atoms with Crippen LogP contribution >= 0.6 is 0 Å². The Balaban J connectivity index is 2.48. The molecular formula is C27H33N. The largest absolute Gasteiger partial charge is 0.256 e. The van der Waals surface area contributed by atoms with Crippen LogP contribution in [0.4, 0.5) is 0 Å². The molecule has 0 unspecified atom stereocenters. The van der Waals surface area contributed by atoms with E-state index >= 15 is 0 Å². The van der Waals surface area contributed by atoms with Gasteiger partial charge in [-0.15, -0.1) is 0 Å². The first-order valence-electron chi connectivity index (χ1n) is 10.3. The topological polar surface area (TPSA) is 12.4 Å². The Morgan fingerprint density at radius 1 is 0.964 bits per heavy atom. The molecule has 0 aromatic heterocycles. The third kappa shape index (κ3) is 5.92. The quantitative estimate of drug-likeness (QED) is 0.313. The number of benzene rings is 2. The third-order valence-corrected chi connectivity index (χ3v) is 5.12. The van der Waals surface area contributed by atoms with E-state index in [0.717, 1.165) is 29.7 Å². The van der Waals surface area contributed by atoms with Crippen LogP contribution in [0, 0.1) is 0 Å². The van der Waals surface area contributed by atoms with E-state index in [1.807, 2.05) is 12.3 Å². The lowest BCUT2D eigenvalue weighted by Gasteiger charge is -2.11. The van der Waals surface area contributed by atoms with E-state index in [0.29, 0.717) is 0 Å². The summed E-state index contributed by atoms with van der Waals surface area (Å²) in [7, 11) is 0. The minimum atomic E-state index is 1.03. The van der Waals surface area contributed by atoms with Crippen molar-refractivity contribution in [3.8, 4) is 0 Å². The highest BCUT2D eigenvalue weighted by Gasteiger charge is 2.08. The van der Waals surface area contributed by atoms with Gasteiger partial charge in [-0.25, -0.2) is 0 Å². The van der Waals surface area contributed by atoms with Crippen molar-refractivity contribution >= 4 is 23.6 Å². The van der Waals surface area contributed by atoms with Crippen LogP contribution in [0.5, 0.6) is 0 Å². The van der Waals surface area contributed by atoms with Crippen molar-refractivity contribution in [2.24, 2.45) is 4.99 Å². The Labute approximate surface area is 171 Å². The standard InChI is InChI=1S/C27H33N/c1-6-10-11-24(9-4)20-28-27(26-18-14-23(8-3)15-19-26)21(5)25-16-12-22(7-2)13-17-25/h7,9,12-20H,2,6,8,10-11H2,1,3-5H3/b24-9+,27-21+,28-20+. The fourth-order valence-electron chi connectivity index (χ4n) is 3.10. The van der Waals surface area contributed by atoms with Crippen molar-refractivity contribution in [2.45, 2.75) is 53.4 Å². The first kappa shape index (κ1) is 21.6. The number of allylic oxidation sites excluding steroid dienone is 3. The van der Waals surface area contributed by atoms with Crippen molar-refractivity contribution in [1.82, 2.24) is 0 Å². The molecule has 1 heteroatoms. The molecule has 0 spiro atoms. The van der Waals surface area contributed by atoms with Crippen LogP contribution in [0.15, 0.2) is 71.8 Å². The Morgan fingerprint density at radius 3 is 2.14 bits per heavy atom. The van der Waals surface area contributed by atoms with Gasteiger partial charge >= 0.3 is 0 Å². The molecule has 0 amide bonds. The minimum Gasteiger partial charge on any atom is -0.256 e. The molecular weight excluding hydrogens is 338 g/mol. The van der Waals surface area contributed by atoms with Gasteiger partial charge < -0.3 is 0 Å². The molecule has 0 saturated heterocycles. The number of aryl methyl sites for hydroxylation is 1. The van der Waals surface area contributed by atoms with Crippen LogP contribution in [0.1, 0.15) is 69.2 Å². The molecule has 0 aliphatic heterocycles. The molecule has 0 saturated carbocycles. The summed E-state index contributed by atoms with van der Waals surface area (Å²) in [4.78, 5) is 4.96. The Kier molecular flexibility index (Phi) is 8.68. The summed E-state index contributed by atoms with van der Waals surface area (Å²) in [5.74, 6) is 0. The molecule has 0 radical (unpaired) electrons. The molecule has 0 N–H and O–H groups in total. The summed E-state index contributed by atoms with van der Waals surface area (Å²) in [6, 6.07) is 17.3. The predicted octanol–water partition coefficient (Wildman–Crippen LogP) is 7.99. The van der Waals surface area contributed by atoms with E-state index in [9.17, 15) is 0 Å². The summed E-state index contributed by atoms with van der Waals surface area (Å²) in [6.45, 7) is 12.5. The molecule has 28 heavy (non-hydrogen) atoms. The number of rotatable bonds is 9. The lowest BCUT2D eigenvalue weighted by atomic mass is 9.99. The van der Waals surface area contributed by atoms with Gasteiger partial charge in [-0.3, -0.25) is 4.99 Å². The van der Waals surface area contributed by atoms with Gasteiger partial charge in [-0.1, -0.05) is 87.5 Å².